The molecule has 0 aromatic heterocycles. The highest BCUT2D eigenvalue weighted by Crippen LogP contribution is 2.30. The Morgan fingerprint density at radius 1 is 1.28 bits per heavy atom. The lowest BCUT2D eigenvalue weighted by atomic mass is 9.90. The number of piperidine rings is 1. The highest BCUT2D eigenvalue weighted by molar-refractivity contribution is 5.95. The van der Waals surface area contributed by atoms with Crippen LogP contribution >= 0.6 is 12.4 Å². The first kappa shape index (κ1) is 25.5. The summed E-state index contributed by atoms with van der Waals surface area (Å²) in [5, 5.41) is 13.1. The van der Waals surface area contributed by atoms with Crippen molar-refractivity contribution >= 4 is 18.3 Å². The molecule has 2 atom stereocenters. The van der Waals surface area contributed by atoms with Crippen LogP contribution in [0.4, 0.5) is 0 Å². The number of hydrogen-bond acceptors (Lipinski definition) is 6. The van der Waals surface area contributed by atoms with Gasteiger partial charge in [0.2, 0.25) is 0 Å². The Labute approximate surface area is 180 Å². The Bertz CT molecular complexity index is 629. The summed E-state index contributed by atoms with van der Waals surface area (Å²) in [6.07, 6.45) is 1.61. The van der Waals surface area contributed by atoms with Crippen LogP contribution in [0.25, 0.3) is 0 Å². The van der Waals surface area contributed by atoms with Crippen molar-refractivity contribution in [3.05, 3.63) is 23.8 Å². The predicted octanol–water partition coefficient (Wildman–Crippen LogP) is 2.35. The van der Waals surface area contributed by atoms with Crippen molar-refractivity contribution in [2.75, 3.05) is 47.1 Å². The second-order valence-electron chi connectivity index (χ2n) is 7.37. The van der Waals surface area contributed by atoms with E-state index in [1.54, 1.807) is 32.4 Å². The van der Waals surface area contributed by atoms with Gasteiger partial charge in [-0.2, -0.15) is 0 Å². The molecule has 1 aliphatic heterocycles. The second-order valence-corrected chi connectivity index (χ2v) is 7.37. The zero-order chi connectivity index (χ0) is 20.5. The molecule has 1 fully saturated rings. The fraction of sp³-hybridized carbons (Fsp3) is 0.667. The van der Waals surface area contributed by atoms with Crippen molar-refractivity contribution in [3.63, 3.8) is 0 Å². The summed E-state index contributed by atoms with van der Waals surface area (Å²) in [4.78, 5) is 15.3. The average Bonchev–Trinajstić information content (AvgIpc) is 2.71. The van der Waals surface area contributed by atoms with Gasteiger partial charge in [0.05, 0.1) is 13.7 Å². The number of rotatable bonds is 10. The average molecular weight is 431 g/mol. The SMILES string of the molecule is COCCCOc1cc(C(=O)N(C(C)C)C2CNCCC2CO)ccc1OC.Cl. The van der Waals surface area contributed by atoms with Crippen molar-refractivity contribution in [1.29, 1.82) is 0 Å². The maximum absolute atomic E-state index is 13.4. The molecular weight excluding hydrogens is 396 g/mol. The second kappa shape index (κ2) is 12.9. The van der Waals surface area contributed by atoms with Crippen molar-refractivity contribution < 1.29 is 24.1 Å². The van der Waals surface area contributed by atoms with Gasteiger partial charge in [0, 0.05) is 56.9 Å². The molecule has 0 aliphatic carbocycles. The third kappa shape index (κ3) is 6.74. The number of benzene rings is 1. The topological polar surface area (TPSA) is 80.3 Å². The molecule has 0 bridgehead atoms. The Hall–Kier alpha value is -1.54. The number of carbonyl (C=O) groups excluding carboxylic acids is 1. The monoisotopic (exact) mass is 430 g/mol. The summed E-state index contributed by atoms with van der Waals surface area (Å²) < 4.78 is 16.2. The lowest BCUT2D eigenvalue weighted by molar-refractivity contribution is 0.0368. The normalized spacial score (nSPS) is 18.8. The van der Waals surface area contributed by atoms with Gasteiger partial charge in [0.1, 0.15) is 0 Å². The molecule has 2 rings (SSSR count). The standard InChI is InChI=1S/C21H34N2O5.ClH/c1-15(2)23(18-13-22-9-8-17(18)14-24)21(25)16-6-7-19(27-4)20(12-16)28-11-5-10-26-3;/h6-7,12,15,17-18,22,24H,5,8-11,13-14H2,1-4H3;1H. The van der Waals surface area contributed by atoms with Crippen LogP contribution in [-0.4, -0.2) is 75.1 Å². The summed E-state index contributed by atoms with van der Waals surface area (Å²) >= 11 is 0. The zero-order valence-electron chi connectivity index (χ0n) is 17.8. The molecule has 1 heterocycles. The minimum atomic E-state index is -0.0634. The zero-order valence-corrected chi connectivity index (χ0v) is 18.7. The molecule has 1 saturated heterocycles. The lowest BCUT2D eigenvalue weighted by Crippen LogP contribution is -2.56. The number of halogens is 1. The van der Waals surface area contributed by atoms with Crippen LogP contribution in [0.5, 0.6) is 11.5 Å². The van der Waals surface area contributed by atoms with Gasteiger partial charge in [-0.25, -0.2) is 0 Å². The molecule has 0 spiro atoms. The Morgan fingerprint density at radius 3 is 2.66 bits per heavy atom. The van der Waals surface area contributed by atoms with Crippen LogP contribution in [0.3, 0.4) is 0 Å². The number of carbonyl (C=O) groups is 1. The first-order valence-electron chi connectivity index (χ1n) is 9.97. The molecule has 7 nitrogen and oxygen atoms in total. The third-order valence-corrected chi connectivity index (χ3v) is 5.13. The highest BCUT2D eigenvalue weighted by Gasteiger charge is 2.34. The summed E-state index contributed by atoms with van der Waals surface area (Å²) in [5.41, 5.74) is 0.554. The predicted molar refractivity (Wildman–Crippen MR) is 115 cm³/mol. The minimum absolute atomic E-state index is 0. The molecule has 1 aromatic rings. The van der Waals surface area contributed by atoms with Crippen LogP contribution < -0.4 is 14.8 Å². The van der Waals surface area contributed by atoms with Crippen LogP contribution in [-0.2, 0) is 4.74 Å². The maximum Gasteiger partial charge on any atom is 0.254 e. The molecule has 0 radical (unpaired) electrons. The van der Waals surface area contributed by atoms with Gasteiger partial charge in [-0.05, 0) is 45.0 Å². The molecule has 8 heteroatoms. The van der Waals surface area contributed by atoms with Crippen LogP contribution in [0, 0.1) is 5.92 Å². The van der Waals surface area contributed by atoms with E-state index in [0.717, 1.165) is 19.4 Å². The van der Waals surface area contributed by atoms with Crippen LogP contribution in [0.2, 0.25) is 0 Å². The molecule has 1 amide bonds. The molecule has 2 unspecified atom stereocenters. The van der Waals surface area contributed by atoms with Crippen LogP contribution in [0.15, 0.2) is 18.2 Å². The number of amides is 1. The molecular formula is C21H35ClN2O5. The summed E-state index contributed by atoms with van der Waals surface area (Å²) in [6, 6.07) is 5.25. The Kier molecular flexibility index (Phi) is 11.3. The van der Waals surface area contributed by atoms with Gasteiger partial charge >= 0.3 is 0 Å². The summed E-state index contributed by atoms with van der Waals surface area (Å²) in [6.45, 7) is 6.74. The van der Waals surface area contributed by atoms with Crippen molar-refractivity contribution in [1.82, 2.24) is 10.2 Å². The smallest absolute Gasteiger partial charge is 0.254 e. The molecule has 0 saturated carbocycles. The Morgan fingerprint density at radius 2 is 2.03 bits per heavy atom. The highest BCUT2D eigenvalue weighted by atomic mass is 35.5. The van der Waals surface area contributed by atoms with E-state index in [0.29, 0.717) is 36.8 Å². The fourth-order valence-corrected chi connectivity index (χ4v) is 3.66. The number of nitrogens with zero attached hydrogens (tertiary/aromatic N) is 1. The molecule has 166 valence electrons. The first-order valence-corrected chi connectivity index (χ1v) is 9.97. The largest absolute Gasteiger partial charge is 0.493 e. The quantitative estimate of drug-likeness (QED) is 0.555. The molecule has 2 N–H and O–H groups in total. The number of hydrogen-bond donors (Lipinski definition) is 2. The van der Waals surface area contributed by atoms with Gasteiger partial charge in [-0.15, -0.1) is 12.4 Å². The third-order valence-electron chi connectivity index (χ3n) is 5.13. The first-order chi connectivity index (χ1) is 13.5. The number of aliphatic hydroxyl groups excluding tert-OH is 1. The van der Waals surface area contributed by atoms with Gasteiger partial charge in [-0.3, -0.25) is 4.79 Å². The molecule has 1 aromatic carbocycles. The number of nitrogens with one attached hydrogen (secondary N) is 1. The summed E-state index contributed by atoms with van der Waals surface area (Å²) in [7, 11) is 3.24. The van der Waals surface area contributed by atoms with E-state index >= 15 is 0 Å². The van der Waals surface area contributed by atoms with E-state index in [-0.39, 0.29) is 42.9 Å². The minimum Gasteiger partial charge on any atom is -0.493 e. The van der Waals surface area contributed by atoms with Gasteiger partial charge in [0.15, 0.2) is 11.5 Å². The van der Waals surface area contributed by atoms with Gasteiger partial charge in [-0.1, -0.05) is 0 Å². The van der Waals surface area contributed by atoms with Crippen molar-refractivity contribution in [2.24, 2.45) is 5.92 Å². The molecule has 29 heavy (non-hydrogen) atoms. The number of methoxy groups -OCH3 is 2. The van der Waals surface area contributed by atoms with E-state index in [4.69, 9.17) is 14.2 Å². The van der Waals surface area contributed by atoms with E-state index in [1.165, 1.54) is 0 Å². The van der Waals surface area contributed by atoms with Crippen LogP contribution in [0.1, 0.15) is 37.0 Å². The maximum atomic E-state index is 13.4. The van der Waals surface area contributed by atoms with E-state index in [1.807, 2.05) is 18.7 Å². The number of aliphatic hydroxyl groups is 1. The van der Waals surface area contributed by atoms with E-state index in [9.17, 15) is 9.90 Å². The van der Waals surface area contributed by atoms with Crippen molar-refractivity contribution in [2.45, 2.75) is 38.8 Å². The van der Waals surface area contributed by atoms with Crippen molar-refractivity contribution in [3.8, 4) is 11.5 Å². The Balaban J connectivity index is 0.00000420. The van der Waals surface area contributed by atoms with Gasteiger partial charge in [0.25, 0.3) is 5.91 Å². The van der Waals surface area contributed by atoms with E-state index < -0.39 is 0 Å². The van der Waals surface area contributed by atoms with E-state index in [2.05, 4.69) is 5.32 Å². The van der Waals surface area contributed by atoms with Gasteiger partial charge < -0.3 is 29.5 Å². The number of ether oxygens (including phenoxy) is 3. The lowest BCUT2D eigenvalue weighted by Gasteiger charge is -2.42. The summed E-state index contributed by atoms with van der Waals surface area (Å²) in [5.74, 6) is 1.16. The molecule has 1 aliphatic rings. The fourth-order valence-electron chi connectivity index (χ4n) is 3.66.